The minimum absolute atomic E-state index is 0.118. The summed E-state index contributed by atoms with van der Waals surface area (Å²) in [5.41, 5.74) is 0.848. The lowest BCUT2D eigenvalue weighted by molar-refractivity contribution is -0.402. The molecule has 0 spiro atoms. The summed E-state index contributed by atoms with van der Waals surface area (Å²) in [5, 5.41) is 27.3. The Balaban J connectivity index is 1.42. The average molecular weight is 369 g/mol. The zero-order valence-corrected chi connectivity index (χ0v) is 14.0. The maximum Gasteiger partial charge on any atom is 0.433 e. The highest BCUT2D eigenvalue weighted by molar-refractivity contribution is 5.91. The van der Waals surface area contributed by atoms with Crippen molar-refractivity contribution in [2.45, 2.75) is 0 Å². The average Bonchev–Trinajstić information content (AvgIpc) is 3.18. The van der Waals surface area contributed by atoms with Crippen molar-refractivity contribution in [2.75, 3.05) is 23.7 Å². The number of carbonyl (C=O) groups excluding carboxylic acids is 1. The molecule has 1 amide bonds. The van der Waals surface area contributed by atoms with Crippen LogP contribution in [0.4, 0.5) is 23.2 Å². The predicted octanol–water partition coefficient (Wildman–Crippen LogP) is 1.96. The van der Waals surface area contributed by atoms with Gasteiger partial charge in [0.2, 0.25) is 0 Å². The van der Waals surface area contributed by atoms with Gasteiger partial charge in [-0.15, -0.1) is 10.2 Å². The Labute approximate surface area is 153 Å². The van der Waals surface area contributed by atoms with Gasteiger partial charge in [-0.2, -0.15) is 0 Å². The fraction of sp³-hybridized carbons (Fsp3) is 0.125. The predicted molar refractivity (Wildman–Crippen MR) is 95.7 cm³/mol. The third-order valence-corrected chi connectivity index (χ3v) is 3.33. The van der Waals surface area contributed by atoms with Crippen LogP contribution in [0.2, 0.25) is 0 Å². The van der Waals surface area contributed by atoms with Crippen LogP contribution in [0.15, 0.2) is 53.2 Å². The summed E-state index contributed by atoms with van der Waals surface area (Å²) in [6.45, 7) is 0.659. The first-order valence-electron chi connectivity index (χ1n) is 7.89. The second-order valence-corrected chi connectivity index (χ2v) is 5.24. The van der Waals surface area contributed by atoms with Gasteiger partial charge in [0.15, 0.2) is 11.6 Å². The van der Waals surface area contributed by atoms with Gasteiger partial charge in [0.1, 0.15) is 10.7 Å². The van der Waals surface area contributed by atoms with Gasteiger partial charge in [0.05, 0.1) is 6.07 Å². The van der Waals surface area contributed by atoms with Crippen LogP contribution in [-0.2, 0) is 0 Å². The van der Waals surface area contributed by atoms with Crippen LogP contribution in [0, 0.1) is 10.1 Å². The van der Waals surface area contributed by atoms with Crippen molar-refractivity contribution in [2.24, 2.45) is 0 Å². The van der Waals surface area contributed by atoms with Gasteiger partial charge >= 0.3 is 5.88 Å². The topological polar surface area (TPSA) is 148 Å². The standard InChI is InChI=1S/C16H15N7O4/c24-16(12-1-4-15(27-12)23(25)26)19-10-9-18-13-2-3-14(22-21-13)20-11-5-7-17-8-6-11/h1-8H,9-10H2,(H,18,21)(H,19,24)(H,17,20,22). The van der Waals surface area contributed by atoms with Gasteiger partial charge in [-0.25, -0.2) is 0 Å². The smallest absolute Gasteiger partial charge is 0.395 e. The molecule has 3 rings (SSSR count). The lowest BCUT2D eigenvalue weighted by Gasteiger charge is -2.07. The fourth-order valence-electron chi connectivity index (χ4n) is 2.08. The van der Waals surface area contributed by atoms with Crippen molar-refractivity contribution in [1.29, 1.82) is 0 Å². The second-order valence-electron chi connectivity index (χ2n) is 5.24. The monoisotopic (exact) mass is 369 g/mol. The van der Waals surface area contributed by atoms with Gasteiger partial charge in [0.25, 0.3) is 5.91 Å². The second kappa shape index (κ2) is 8.38. The first kappa shape index (κ1) is 17.8. The number of furan rings is 1. The molecule has 0 aliphatic carbocycles. The number of carbonyl (C=O) groups is 1. The van der Waals surface area contributed by atoms with Crippen LogP contribution < -0.4 is 16.0 Å². The van der Waals surface area contributed by atoms with Gasteiger partial charge < -0.3 is 20.4 Å². The van der Waals surface area contributed by atoms with E-state index in [0.29, 0.717) is 18.2 Å². The molecule has 11 nitrogen and oxygen atoms in total. The van der Waals surface area contributed by atoms with Crippen LogP contribution in [0.25, 0.3) is 0 Å². The zero-order chi connectivity index (χ0) is 19.1. The summed E-state index contributed by atoms with van der Waals surface area (Å²) in [4.78, 5) is 25.6. The minimum atomic E-state index is -0.704. The first-order chi connectivity index (χ1) is 13.1. The van der Waals surface area contributed by atoms with Crippen LogP contribution in [0.5, 0.6) is 0 Å². The van der Waals surface area contributed by atoms with Crippen molar-refractivity contribution >= 4 is 29.1 Å². The molecular weight excluding hydrogens is 354 g/mol. The molecule has 3 aromatic rings. The highest BCUT2D eigenvalue weighted by Gasteiger charge is 2.16. The number of nitrogens with one attached hydrogen (secondary N) is 3. The number of hydrogen-bond donors (Lipinski definition) is 3. The molecule has 0 aromatic carbocycles. The third-order valence-electron chi connectivity index (χ3n) is 3.33. The van der Waals surface area contributed by atoms with Crippen molar-refractivity contribution in [3.05, 3.63) is 64.7 Å². The molecule has 0 aliphatic heterocycles. The number of hydrogen-bond acceptors (Lipinski definition) is 9. The van der Waals surface area contributed by atoms with E-state index in [-0.39, 0.29) is 12.3 Å². The van der Waals surface area contributed by atoms with Crippen molar-refractivity contribution in [1.82, 2.24) is 20.5 Å². The molecule has 27 heavy (non-hydrogen) atoms. The number of rotatable bonds is 8. The molecule has 3 aromatic heterocycles. The molecule has 0 fully saturated rings. The van der Waals surface area contributed by atoms with Crippen LogP contribution in [0.1, 0.15) is 10.6 Å². The maximum absolute atomic E-state index is 11.8. The van der Waals surface area contributed by atoms with Crippen LogP contribution in [0.3, 0.4) is 0 Å². The van der Waals surface area contributed by atoms with E-state index in [0.717, 1.165) is 11.8 Å². The molecule has 3 heterocycles. The summed E-state index contributed by atoms with van der Waals surface area (Å²) in [5.74, 6) is -0.00689. The Morgan fingerprint density at radius 1 is 1.04 bits per heavy atom. The SMILES string of the molecule is O=C(NCCNc1ccc(Nc2ccncc2)nn1)c1ccc([N+](=O)[O-])o1. The van der Waals surface area contributed by atoms with Gasteiger partial charge in [-0.1, -0.05) is 0 Å². The largest absolute Gasteiger partial charge is 0.433 e. The lowest BCUT2D eigenvalue weighted by atomic mass is 10.4. The molecule has 0 bridgehead atoms. The molecule has 0 unspecified atom stereocenters. The molecule has 0 radical (unpaired) electrons. The Bertz CT molecular complexity index is 912. The van der Waals surface area contributed by atoms with Gasteiger partial charge in [-0.3, -0.25) is 19.9 Å². The third kappa shape index (κ3) is 4.98. The van der Waals surface area contributed by atoms with E-state index in [1.54, 1.807) is 24.5 Å². The normalized spacial score (nSPS) is 10.2. The molecule has 0 aliphatic rings. The van der Waals surface area contributed by atoms with Gasteiger partial charge in [-0.05, 0) is 30.3 Å². The molecule has 0 atom stereocenters. The van der Waals surface area contributed by atoms with Crippen molar-refractivity contribution in [3.8, 4) is 0 Å². The lowest BCUT2D eigenvalue weighted by Crippen LogP contribution is -2.28. The zero-order valence-electron chi connectivity index (χ0n) is 14.0. The summed E-state index contributed by atoms with van der Waals surface area (Å²) in [7, 11) is 0. The Morgan fingerprint density at radius 3 is 2.44 bits per heavy atom. The number of aromatic nitrogens is 3. The number of pyridine rings is 1. The molecule has 0 saturated heterocycles. The summed E-state index contributed by atoms with van der Waals surface area (Å²) in [6.07, 6.45) is 3.34. The maximum atomic E-state index is 11.8. The van der Waals surface area contributed by atoms with E-state index >= 15 is 0 Å². The van der Waals surface area contributed by atoms with Crippen LogP contribution >= 0.6 is 0 Å². The highest BCUT2D eigenvalue weighted by Crippen LogP contribution is 2.15. The Kier molecular flexibility index (Phi) is 5.52. The van der Waals surface area contributed by atoms with E-state index in [2.05, 4.69) is 31.1 Å². The summed E-state index contributed by atoms with van der Waals surface area (Å²) >= 11 is 0. The van der Waals surface area contributed by atoms with E-state index < -0.39 is 16.7 Å². The van der Waals surface area contributed by atoms with Gasteiger partial charge in [0, 0.05) is 31.2 Å². The van der Waals surface area contributed by atoms with Crippen molar-refractivity contribution in [3.63, 3.8) is 0 Å². The van der Waals surface area contributed by atoms with E-state index in [1.165, 1.54) is 6.07 Å². The minimum Gasteiger partial charge on any atom is -0.395 e. The van der Waals surface area contributed by atoms with E-state index in [4.69, 9.17) is 4.42 Å². The number of nitro groups is 1. The molecular formula is C16H15N7O4. The van der Waals surface area contributed by atoms with Crippen molar-refractivity contribution < 1.29 is 14.1 Å². The number of amides is 1. The molecule has 0 saturated carbocycles. The first-order valence-corrected chi connectivity index (χ1v) is 7.89. The molecule has 11 heteroatoms. The van der Waals surface area contributed by atoms with E-state index in [1.807, 2.05) is 12.1 Å². The Hall–Kier alpha value is -4.02. The highest BCUT2D eigenvalue weighted by atomic mass is 16.6. The quantitative estimate of drug-likeness (QED) is 0.308. The van der Waals surface area contributed by atoms with E-state index in [9.17, 15) is 14.9 Å². The summed E-state index contributed by atoms with van der Waals surface area (Å²) in [6, 6.07) is 9.50. The fourth-order valence-corrected chi connectivity index (χ4v) is 2.08. The number of anilines is 3. The molecule has 138 valence electrons. The summed E-state index contributed by atoms with van der Waals surface area (Å²) < 4.78 is 4.82. The molecule has 3 N–H and O–H groups in total. The number of nitrogens with zero attached hydrogens (tertiary/aromatic N) is 4. The Morgan fingerprint density at radius 2 is 1.78 bits per heavy atom. The van der Waals surface area contributed by atoms with Crippen LogP contribution in [-0.4, -0.2) is 39.1 Å².